The van der Waals surface area contributed by atoms with Crippen LogP contribution in [-0.2, 0) is 0 Å². The van der Waals surface area contributed by atoms with Crippen LogP contribution in [0.1, 0.15) is 24.0 Å². The van der Waals surface area contributed by atoms with Crippen LogP contribution < -0.4 is 10.2 Å². The molecular formula is C15H19N5. The Balaban J connectivity index is 1.83. The van der Waals surface area contributed by atoms with Crippen LogP contribution in [-0.4, -0.2) is 28.3 Å². The van der Waals surface area contributed by atoms with Crippen LogP contribution in [0.25, 0.3) is 0 Å². The summed E-state index contributed by atoms with van der Waals surface area (Å²) in [5.41, 5.74) is 3.49. The van der Waals surface area contributed by atoms with E-state index in [9.17, 15) is 0 Å². The summed E-state index contributed by atoms with van der Waals surface area (Å²) in [7, 11) is 0. The van der Waals surface area contributed by atoms with Gasteiger partial charge in [0.2, 0.25) is 5.95 Å². The Morgan fingerprint density at radius 1 is 1.15 bits per heavy atom. The highest BCUT2D eigenvalue weighted by molar-refractivity contribution is 5.60. The van der Waals surface area contributed by atoms with Gasteiger partial charge < -0.3 is 10.2 Å². The lowest BCUT2D eigenvalue weighted by Gasteiger charge is -2.16. The molecule has 0 amide bonds. The van der Waals surface area contributed by atoms with Gasteiger partial charge in [-0.1, -0.05) is 12.1 Å². The number of nitrogens with one attached hydrogen (secondary N) is 1. The topological polar surface area (TPSA) is 53.9 Å². The lowest BCUT2D eigenvalue weighted by atomic mass is 10.1. The number of rotatable bonds is 3. The van der Waals surface area contributed by atoms with Crippen LogP contribution >= 0.6 is 0 Å². The quantitative estimate of drug-likeness (QED) is 0.928. The summed E-state index contributed by atoms with van der Waals surface area (Å²) >= 11 is 0. The van der Waals surface area contributed by atoms with Crippen molar-refractivity contribution in [2.24, 2.45) is 0 Å². The van der Waals surface area contributed by atoms with Crippen molar-refractivity contribution in [1.82, 2.24) is 15.2 Å². The van der Waals surface area contributed by atoms with Crippen molar-refractivity contribution in [2.45, 2.75) is 26.7 Å². The van der Waals surface area contributed by atoms with Gasteiger partial charge in [-0.25, -0.2) is 0 Å². The summed E-state index contributed by atoms with van der Waals surface area (Å²) in [5, 5.41) is 11.4. The lowest BCUT2D eigenvalue weighted by Crippen LogP contribution is -2.20. The Morgan fingerprint density at radius 2 is 1.95 bits per heavy atom. The van der Waals surface area contributed by atoms with Crippen molar-refractivity contribution in [3.8, 4) is 0 Å². The largest absolute Gasteiger partial charge is 0.355 e. The molecule has 1 fully saturated rings. The number of anilines is 3. The van der Waals surface area contributed by atoms with Crippen LogP contribution in [0.5, 0.6) is 0 Å². The molecule has 1 N–H and O–H groups in total. The van der Waals surface area contributed by atoms with Gasteiger partial charge in [-0.15, -0.1) is 5.10 Å². The Morgan fingerprint density at radius 3 is 2.75 bits per heavy atom. The molecular weight excluding hydrogens is 250 g/mol. The Labute approximate surface area is 119 Å². The zero-order valence-corrected chi connectivity index (χ0v) is 11.9. The maximum absolute atomic E-state index is 4.56. The second-order valence-electron chi connectivity index (χ2n) is 5.20. The minimum Gasteiger partial charge on any atom is -0.355 e. The first-order valence-corrected chi connectivity index (χ1v) is 7.02. The van der Waals surface area contributed by atoms with Gasteiger partial charge in [0, 0.05) is 18.8 Å². The molecule has 1 aliphatic rings. The van der Waals surface area contributed by atoms with Gasteiger partial charge in [0.1, 0.15) is 0 Å². The molecule has 2 aromatic rings. The predicted octanol–water partition coefficient (Wildman–Crippen LogP) is 2.83. The minimum absolute atomic E-state index is 0.558. The van der Waals surface area contributed by atoms with Crippen molar-refractivity contribution in [2.75, 3.05) is 23.3 Å². The van der Waals surface area contributed by atoms with E-state index in [1.54, 1.807) is 6.20 Å². The van der Waals surface area contributed by atoms with E-state index < -0.39 is 0 Å². The van der Waals surface area contributed by atoms with E-state index in [2.05, 4.69) is 45.3 Å². The standard InChI is InChI=1S/C15H19N5/c1-11-6-5-7-13(12(11)2)17-15-18-14(10-16-19-15)20-8-3-4-9-20/h5-7,10H,3-4,8-9H2,1-2H3,(H,17,18,19). The third-order valence-corrected chi connectivity index (χ3v) is 3.83. The highest BCUT2D eigenvalue weighted by atomic mass is 15.3. The average Bonchev–Trinajstić information content (AvgIpc) is 2.98. The third kappa shape index (κ3) is 2.57. The van der Waals surface area contributed by atoms with E-state index in [0.717, 1.165) is 24.6 Å². The molecule has 5 nitrogen and oxygen atoms in total. The summed E-state index contributed by atoms with van der Waals surface area (Å²) in [6.07, 6.45) is 4.19. The van der Waals surface area contributed by atoms with E-state index >= 15 is 0 Å². The Kier molecular flexibility index (Phi) is 3.50. The van der Waals surface area contributed by atoms with E-state index in [4.69, 9.17) is 0 Å². The van der Waals surface area contributed by atoms with Crippen LogP contribution in [0, 0.1) is 13.8 Å². The van der Waals surface area contributed by atoms with Crippen molar-refractivity contribution in [3.63, 3.8) is 0 Å². The fraction of sp³-hybridized carbons (Fsp3) is 0.400. The SMILES string of the molecule is Cc1cccc(Nc2nncc(N3CCCC3)n2)c1C. The highest BCUT2D eigenvalue weighted by Gasteiger charge is 2.14. The summed E-state index contributed by atoms with van der Waals surface area (Å²) in [6.45, 7) is 6.30. The zero-order valence-electron chi connectivity index (χ0n) is 11.9. The number of aromatic nitrogens is 3. The fourth-order valence-electron chi connectivity index (χ4n) is 2.45. The van der Waals surface area contributed by atoms with E-state index in [1.165, 1.54) is 24.0 Å². The summed E-state index contributed by atoms with van der Waals surface area (Å²) in [4.78, 5) is 6.81. The normalized spacial score (nSPS) is 14.6. The molecule has 0 unspecified atom stereocenters. The van der Waals surface area contributed by atoms with Crippen molar-refractivity contribution in [3.05, 3.63) is 35.5 Å². The molecule has 0 spiro atoms. The van der Waals surface area contributed by atoms with Crippen LogP contribution in [0.3, 0.4) is 0 Å². The molecule has 2 heterocycles. The number of hydrogen-bond acceptors (Lipinski definition) is 5. The fourth-order valence-corrected chi connectivity index (χ4v) is 2.45. The maximum Gasteiger partial charge on any atom is 0.249 e. The van der Waals surface area contributed by atoms with Gasteiger partial charge in [-0.05, 0) is 43.9 Å². The van der Waals surface area contributed by atoms with Gasteiger partial charge in [-0.2, -0.15) is 10.1 Å². The summed E-state index contributed by atoms with van der Waals surface area (Å²) in [6, 6.07) is 6.16. The highest BCUT2D eigenvalue weighted by Crippen LogP contribution is 2.22. The zero-order chi connectivity index (χ0) is 13.9. The molecule has 0 radical (unpaired) electrons. The average molecular weight is 269 g/mol. The molecule has 0 aliphatic carbocycles. The van der Waals surface area contributed by atoms with Crippen LogP contribution in [0.4, 0.5) is 17.5 Å². The molecule has 0 atom stereocenters. The molecule has 1 aromatic heterocycles. The molecule has 104 valence electrons. The maximum atomic E-state index is 4.56. The van der Waals surface area contributed by atoms with Crippen LogP contribution in [0.15, 0.2) is 24.4 Å². The van der Waals surface area contributed by atoms with E-state index in [0.29, 0.717) is 5.95 Å². The first-order valence-electron chi connectivity index (χ1n) is 7.02. The molecule has 3 rings (SSSR count). The molecule has 1 aliphatic heterocycles. The summed E-state index contributed by atoms with van der Waals surface area (Å²) in [5.74, 6) is 1.47. The van der Waals surface area contributed by atoms with Crippen LogP contribution in [0.2, 0.25) is 0 Å². The van der Waals surface area contributed by atoms with Gasteiger partial charge >= 0.3 is 0 Å². The van der Waals surface area contributed by atoms with Gasteiger partial charge in [0.15, 0.2) is 5.82 Å². The summed E-state index contributed by atoms with van der Waals surface area (Å²) < 4.78 is 0. The van der Waals surface area contributed by atoms with Crippen molar-refractivity contribution >= 4 is 17.5 Å². The Hall–Kier alpha value is -2.17. The van der Waals surface area contributed by atoms with Gasteiger partial charge in [0.25, 0.3) is 0 Å². The number of aryl methyl sites for hydroxylation is 1. The van der Waals surface area contributed by atoms with E-state index in [-0.39, 0.29) is 0 Å². The lowest BCUT2D eigenvalue weighted by molar-refractivity contribution is 0.890. The molecule has 1 saturated heterocycles. The molecule has 5 heteroatoms. The molecule has 0 bridgehead atoms. The van der Waals surface area contributed by atoms with Crippen molar-refractivity contribution < 1.29 is 0 Å². The second kappa shape index (κ2) is 5.45. The Bertz CT molecular complexity index is 605. The minimum atomic E-state index is 0.558. The smallest absolute Gasteiger partial charge is 0.249 e. The molecule has 1 aromatic carbocycles. The molecule has 0 saturated carbocycles. The predicted molar refractivity (Wildman–Crippen MR) is 80.5 cm³/mol. The number of benzene rings is 1. The first kappa shape index (κ1) is 12.8. The van der Waals surface area contributed by atoms with Crippen molar-refractivity contribution in [1.29, 1.82) is 0 Å². The monoisotopic (exact) mass is 269 g/mol. The second-order valence-corrected chi connectivity index (χ2v) is 5.20. The first-order chi connectivity index (χ1) is 9.74. The van der Waals surface area contributed by atoms with E-state index in [1.807, 2.05) is 12.1 Å². The number of nitrogens with zero attached hydrogens (tertiary/aromatic N) is 4. The third-order valence-electron chi connectivity index (χ3n) is 3.83. The van der Waals surface area contributed by atoms with Gasteiger partial charge in [-0.3, -0.25) is 0 Å². The molecule has 20 heavy (non-hydrogen) atoms. The van der Waals surface area contributed by atoms with Gasteiger partial charge in [0.05, 0.1) is 6.20 Å². The number of hydrogen-bond donors (Lipinski definition) is 1.